The van der Waals surface area contributed by atoms with Gasteiger partial charge in [-0.15, -0.1) is 11.3 Å². The Kier molecular flexibility index (Phi) is 9.23. The number of nitrogens with one attached hydrogen (secondary N) is 1. The van der Waals surface area contributed by atoms with Gasteiger partial charge in [-0.05, 0) is 84.6 Å². The van der Waals surface area contributed by atoms with E-state index in [1.165, 1.54) is 65.7 Å². The number of benzene rings is 1. The van der Waals surface area contributed by atoms with E-state index in [-0.39, 0.29) is 0 Å². The second-order valence-electron chi connectivity index (χ2n) is 10.9. The summed E-state index contributed by atoms with van der Waals surface area (Å²) >= 11 is 1.79. The largest absolute Gasteiger partial charge is 0.346 e. The Hall–Kier alpha value is -2.72. The fourth-order valence-corrected chi connectivity index (χ4v) is 6.94. The second-order valence-corrected chi connectivity index (χ2v) is 11.9. The van der Waals surface area contributed by atoms with Crippen LogP contribution in [0.25, 0.3) is 16.0 Å². The zero-order chi connectivity index (χ0) is 25.3. The average molecular weight is 513 g/mol. The first-order valence-electron chi connectivity index (χ1n) is 14.3. The number of nitrogens with zero attached hydrogens (tertiary/aromatic N) is 1. The zero-order valence-electron chi connectivity index (χ0n) is 22.0. The number of aryl methyl sites for hydroxylation is 1. The predicted molar refractivity (Wildman–Crippen MR) is 158 cm³/mol. The number of thiophene rings is 1. The van der Waals surface area contributed by atoms with Crippen molar-refractivity contribution in [2.24, 2.45) is 16.8 Å². The molecule has 2 aliphatic rings. The molecule has 5 rings (SSSR count). The first kappa shape index (κ1) is 25.9. The molecule has 1 N–H and O–H groups in total. The number of aromatic nitrogens is 1. The maximum atomic E-state index is 12.5. The highest BCUT2D eigenvalue weighted by molar-refractivity contribution is 7.13. The van der Waals surface area contributed by atoms with E-state index in [1.807, 2.05) is 12.4 Å². The van der Waals surface area contributed by atoms with Crippen molar-refractivity contribution in [3.05, 3.63) is 71.2 Å². The summed E-state index contributed by atoms with van der Waals surface area (Å²) < 4.78 is 0. The summed E-state index contributed by atoms with van der Waals surface area (Å²) in [5.74, 6) is 3.03. The van der Waals surface area contributed by atoms with Crippen LogP contribution in [0.1, 0.15) is 88.2 Å². The molecule has 3 heterocycles. The molecule has 3 aromatic rings. The number of ketones is 1. The summed E-state index contributed by atoms with van der Waals surface area (Å²) in [5, 5.41) is 2.13. The maximum absolute atomic E-state index is 12.5. The number of unbranched alkanes of at least 4 members (excludes halogenated alkanes) is 1. The monoisotopic (exact) mass is 512 g/mol. The van der Waals surface area contributed by atoms with Gasteiger partial charge >= 0.3 is 0 Å². The Balaban J connectivity index is 0.981. The van der Waals surface area contributed by atoms with Gasteiger partial charge in [-0.3, -0.25) is 4.79 Å². The minimum Gasteiger partial charge on any atom is -0.346 e. The third kappa shape index (κ3) is 7.41. The lowest BCUT2D eigenvalue weighted by atomic mass is 9.76. The van der Waals surface area contributed by atoms with Crippen molar-refractivity contribution in [3.63, 3.8) is 0 Å². The third-order valence-electron chi connectivity index (χ3n) is 8.13. The number of rotatable bonds is 12. The molecule has 1 saturated carbocycles. The van der Waals surface area contributed by atoms with Gasteiger partial charge in [0.25, 0.3) is 0 Å². The molecule has 0 saturated heterocycles. The molecule has 1 aliphatic heterocycles. The SMILES string of the molecule is O=C(CCCCc1cccc(-c2cccs2)c1)CCCC1CCCC(CC2=CCC=Nc3[nH]ccc32)C1. The first-order chi connectivity index (χ1) is 18.2. The summed E-state index contributed by atoms with van der Waals surface area (Å²) in [6.07, 6.45) is 20.8. The van der Waals surface area contributed by atoms with E-state index in [4.69, 9.17) is 0 Å². The lowest BCUT2D eigenvalue weighted by Gasteiger charge is -2.30. The van der Waals surface area contributed by atoms with E-state index in [0.717, 1.165) is 62.6 Å². The molecule has 4 heteroatoms. The topological polar surface area (TPSA) is 45.2 Å². The number of allylic oxidation sites excluding steroid dienone is 2. The van der Waals surface area contributed by atoms with Gasteiger partial charge in [0, 0.05) is 42.1 Å². The molecule has 3 nitrogen and oxygen atoms in total. The Morgan fingerprint density at radius 3 is 2.86 bits per heavy atom. The highest BCUT2D eigenvalue weighted by Crippen LogP contribution is 2.39. The smallest absolute Gasteiger partial charge is 0.137 e. The molecule has 0 amide bonds. The predicted octanol–water partition coefficient (Wildman–Crippen LogP) is 9.58. The Morgan fingerprint density at radius 1 is 1.03 bits per heavy atom. The second kappa shape index (κ2) is 13.2. The molecule has 0 bridgehead atoms. The number of hydrogen-bond donors (Lipinski definition) is 1. The number of hydrogen-bond acceptors (Lipinski definition) is 3. The van der Waals surface area contributed by atoms with Crippen molar-refractivity contribution >= 4 is 34.7 Å². The molecule has 37 heavy (non-hydrogen) atoms. The molecule has 1 aromatic carbocycles. The summed E-state index contributed by atoms with van der Waals surface area (Å²) in [6.45, 7) is 0. The van der Waals surface area contributed by atoms with E-state index < -0.39 is 0 Å². The molecular formula is C33H40N2OS. The van der Waals surface area contributed by atoms with Crippen molar-refractivity contribution in [2.45, 2.75) is 83.5 Å². The molecule has 2 atom stereocenters. The van der Waals surface area contributed by atoms with E-state index >= 15 is 0 Å². The van der Waals surface area contributed by atoms with E-state index in [1.54, 1.807) is 11.3 Å². The highest BCUT2D eigenvalue weighted by atomic mass is 32.1. The molecule has 194 valence electrons. The van der Waals surface area contributed by atoms with Gasteiger partial charge in [0.05, 0.1) is 0 Å². The van der Waals surface area contributed by atoms with Crippen LogP contribution in [-0.4, -0.2) is 17.0 Å². The summed E-state index contributed by atoms with van der Waals surface area (Å²) in [6, 6.07) is 15.3. The number of Topliss-reactive ketones (excluding diaryl/α,β-unsaturated/α-hetero) is 1. The van der Waals surface area contributed by atoms with Crippen LogP contribution >= 0.6 is 11.3 Å². The summed E-state index contributed by atoms with van der Waals surface area (Å²) in [4.78, 5) is 21.7. The normalized spacial score (nSPS) is 19.3. The molecule has 2 unspecified atom stereocenters. The van der Waals surface area contributed by atoms with Crippen LogP contribution in [0.15, 0.2) is 65.1 Å². The summed E-state index contributed by atoms with van der Waals surface area (Å²) in [5.41, 5.74) is 5.44. The van der Waals surface area contributed by atoms with Gasteiger partial charge < -0.3 is 4.98 Å². The van der Waals surface area contributed by atoms with Crippen molar-refractivity contribution < 1.29 is 4.79 Å². The number of carbonyl (C=O) groups excluding carboxylic acids is 1. The van der Waals surface area contributed by atoms with Crippen LogP contribution < -0.4 is 0 Å². The Morgan fingerprint density at radius 2 is 1.95 bits per heavy atom. The molecule has 2 aromatic heterocycles. The van der Waals surface area contributed by atoms with Gasteiger partial charge in [0.1, 0.15) is 11.6 Å². The zero-order valence-corrected chi connectivity index (χ0v) is 22.8. The highest BCUT2D eigenvalue weighted by Gasteiger charge is 2.24. The number of aromatic amines is 1. The third-order valence-corrected chi connectivity index (χ3v) is 9.05. The van der Waals surface area contributed by atoms with Crippen LogP contribution in [0.5, 0.6) is 0 Å². The Bertz CT molecular complexity index is 1200. The number of aliphatic imine (C=N–C) groups is 1. The lowest BCUT2D eigenvalue weighted by molar-refractivity contribution is -0.119. The maximum Gasteiger partial charge on any atom is 0.137 e. The van der Waals surface area contributed by atoms with Gasteiger partial charge in [-0.1, -0.05) is 62.1 Å². The van der Waals surface area contributed by atoms with Crippen LogP contribution in [0.4, 0.5) is 5.82 Å². The molecule has 1 aliphatic carbocycles. The Labute approximate surface area is 226 Å². The minimum atomic E-state index is 0.461. The average Bonchev–Trinajstić information content (AvgIpc) is 3.59. The molecular weight excluding hydrogens is 472 g/mol. The van der Waals surface area contributed by atoms with Gasteiger partial charge in [-0.2, -0.15) is 0 Å². The molecule has 0 spiro atoms. The lowest BCUT2D eigenvalue weighted by Crippen LogP contribution is -2.16. The summed E-state index contributed by atoms with van der Waals surface area (Å²) in [7, 11) is 0. The van der Waals surface area contributed by atoms with Crippen molar-refractivity contribution in [1.82, 2.24) is 4.98 Å². The van der Waals surface area contributed by atoms with Gasteiger partial charge in [0.15, 0.2) is 0 Å². The number of fused-ring (bicyclic) bond motifs is 1. The standard InChI is InChI=1S/C33H40N2OS/c36-30(15-2-1-8-26-10-4-13-29(23-26)32-17-7-21-37-32)16-5-11-25-9-3-12-27(22-25)24-28-14-6-19-34-33-31(28)18-20-35-33/h4,7,10,13-14,17-21,23,25,27,35H,1-3,5-6,8-9,11-12,15-16,22,24H2. The number of H-pyrrole nitrogens is 1. The van der Waals surface area contributed by atoms with Crippen molar-refractivity contribution in [1.29, 1.82) is 0 Å². The first-order valence-corrected chi connectivity index (χ1v) is 15.2. The van der Waals surface area contributed by atoms with E-state index in [2.05, 4.69) is 63.9 Å². The van der Waals surface area contributed by atoms with Gasteiger partial charge in [-0.25, -0.2) is 4.99 Å². The van der Waals surface area contributed by atoms with Crippen LogP contribution in [-0.2, 0) is 11.2 Å². The van der Waals surface area contributed by atoms with Crippen molar-refractivity contribution in [2.75, 3.05) is 0 Å². The van der Waals surface area contributed by atoms with Gasteiger partial charge in [0.2, 0.25) is 0 Å². The van der Waals surface area contributed by atoms with E-state index in [0.29, 0.717) is 5.78 Å². The number of carbonyl (C=O) groups is 1. The van der Waals surface area contributed by atoms with Crippen LogP contribution in [0.3, 0.4) is 0 Å². The van der Waals surface area contributed by atoms with E-state index in [9.17, 15) is 4.79 Å². The molecule has 0 radical (unpaired) electrons. The minimum absolute atomic E-state index is 0.461. The molecule has 1 fully saturated rings. The van der Waals surface area contributed by atoms with Crippen molar-refractivity contribution in [3.8, 4) is 10.4 Å². The van der Waals surface area contributed by atoms with Crippen LogP contribution in [0, 0.1) is 11.8 Å². The quantitative estimate of drug-likeness (QED) is 0.241. The fourth-order valence-electron chi connectivity index (χ4n) is 6.22. The van der Waals surface area contributed by atoms with Crippen LogP contribution in [0.2, 0.25) is 0 Å². The fraction of sp³-hybridized carbons (Fsp3) is 0.455.